The lowest BCUT2D eigenvalue weighted by Crippen LogP contribution is -2.10. The van der Waals surface area contributed by atoms with Crippen molar-refractivity contribution < 1.29 is 0 Å². The first-order valence-corrected chi connectivity index (χ1v) is 10.2. The first kappa shape index (κ1) is 15.4. The third-order valence-electron chi connectivity index (χ3n) is 5.66. The minimum Gasteiger partial charge on any atom is -0.0622 e. The van der Waals surface area contributed by atoms with Crippen molar-refractivity contribution in [3.63, 3.8) is 0 Å². The largest absolute Gasteiger partial charge is 0.0622 e. The highest BCUT2D eigenvalue weighted by Crippen LogP contribution is 2.42. The maximum atomic E-state index is 2.55. The van der Waals surface area contributed by atoms with E-state index in [4.69, 9.17) is 0 Å². The summed E-state index contributed by atoms with van der Waals surface area (Å²) >= 11 is 2.55. The van der Waals surface area contributed by atoms with Gasteiger partial charge in [-0.15, -0.1) is 0 Å². The molecule has 0 fully saturated rings. The first-order chi connectivity index (χ1) is 13.3. The Kier molecular flexibility index (Phi) is 3.24. The molecule has 5 aromatic rings. The standard InChI is InChI=1S/C26H15I/c27-26-21-15-7-11-16-10-6-14-20(22(16)21)24-23(17-8-2-1-3-9-17)18-12-4-5-13-19(18)25(24)26/h1-15H. The highest BCUT2D eigenvalue weighted by molar-refractivity contribution is 14.1. The first-order valence-electron chi connectivity index (χ1n) is 9.17. The van der Waals surface area contributed by atoms with E-state index in [9.17, 15) is 0 Å². The van der Waals surface area contributed by atoms with Crippen LogP contribution in [0.3, 0.4) is 0 Å². The van der Waals surface area contributed by atoms with Gasteiger partial charge in [-0.2, -0.15) is 0 Å². The third kappa shape index (κ3) is 2.03. The van der Waals surface area contributed by atoms with Crippen LogP contribution in [0.25, 0.3) is 38.2 Å². The van der Waals surface area contributed by atoms with Crippen LogP contribution in [-0.4, -0.2) is 0 Å². The summed E-state index contributed by atoms with van der Waals surface area (Å²) in [7, 11) is 0. The van der Waals surface area contributed by atoms with Gasteiger partial charge in [0.1, 0.15) is 0 Å². The molecule has 1 heteroatoms. The Hall–Kier alpha value is -2.65. The smallest absolute Gasteiger partial charge is 0.0294 e. The number of fused-ring (bicyclic) bond motifs is 4. The van der Waals surface area contributed by atoms with Gasteiger partial charge in [0.05, 0.1) is 0 Å². The molecule has 0 unspecified atom stereocenters. The molecule has 126 valence electrons. The van der Waals surface area contributed by atoms with Gasteiger partial charge in [0, 0.05) is 9.13 Å². The van der Waals surface area contributed by atoms with E-state index >= 15 is 0 Å². The highest BCUT2D eigenvalue weighted by atomic mass is 127. The number of rotatable bonds is 1. The van der Waals surface area contributed by atoms with Crippen LogP contribution in [0.15, 0.2) is 91.0 Å². The van der Waals surface area contributed by atoms with Gasteiger partial charge in [-0.3, -0.25) is 0 Å². The fourth-order valence-corrected chi connectivity index (χ4v) is 5.59. The Morgan fingerprint density at radius 2 is 1.22 bits per heavy atom. The number of hydrogen-bond donors (Lipinski definition) is 0. The van der Waals surface area contributed by atoms with E-state index in [1.807, 2.05) is 0 Å². The summed E-state index contributed by atoms with van der Waals surface area (Å²) in [5.74, 6) is 0. The highest BCUT2D eigenvalue weighted by Gasteiger charge is 2.26. The van der Waals surface area contributed by atoms with Crippen molar-refractivity contribution in [3.8, 4) is 11.1 Å². The molecular weight excluding hydrogens is 439 g/mol. The van der Waals surface area contributed by atoms with Crippen LogP contribution in [0.5, 0.6) is 0 Å². The Balaban J connectivity index is 1.97. The van der Waals surface area contributed by atoms with E-state index in [1.54, 1.807) is 0 Å². The van der Waals surface area contributed by atoms with Crippen LogP contribution >= 0.6 is 22.6 Å². The molecule has 0 saturated carbocycles. The molecule has 1 aliphatic carbocycles. The van der Waals surface area contributed by atoms with Gasteiger partial charge >= 0.3 is 0 Å². The fraction of sp³-hybridized carbons (Fsp3) is 0. The number of halogens is 1. The van der Waals surface area contributed by atoms with E-state index in [1.165, 1.54) is 58.2 Å². The maximum absolute atomic E-state index is 2.55. The van der Waals surface area contributed by atoms with Crippen molar-refractivity contribution >= 4 is 49.7 Å². The summed E-state index contributed by atoms with van der Waals surface area (Å²) in [4.78, 5) is 0. The van der Waals surface area contributed by atoms with Crippen LogP contribution in [-0.2, 0) is 0 Å². The molecule has 1 aliphatic rings. The summed E-state index contributed by atoms with van der Waals surface area (Å²) in [6.45, 7) is 0. The second kappa shape index (κ2) is 5.67. The minimum atomic E-state index is 1.29. The predicted molar refractivity (Wildman–Crippen MR) is 123 cm³/mol. The van der Waals surface area contributed by atoms with Crippen molar-refractivity contribution in [1.82, 2.24) is 0 Å². The molecule has 5 aromatic carbocycles. The molecule has 0 spiro atoms. The zero-order chi connectivity index (χ0) is 18.0. The van der Waals surface area contributed by atoms with Crippen molar-refractivity contribution in [1.29, 1.82) is 0 Å². The van der Waals surface area contributed by atoms with Crippen LogP contribution in [0.2, 0.25) is 0 Å². The average molecular weight is 454 g/mol. The van der Waals surface area contributed by atoms with E-state index in [0.29, 0.717) is 0 Å². The molecule has 0 amide bonds. The predicted octanol–water partition coefficient (Wildman–Crippen LogP) is 6.54. The van der Waals surface area contributed by atoms with Gasteiger partial charge in [0.2, 0.25) is 0 Å². The molecule has 6 rings (SSSR count). The van der Waals surface area contributed by atoms with Crippen LogP contribution in [0.1, 0.15) is 11.1 Å². The lowest BCUT2D eigenvalue weighted by Gasteiger charge is -2.12. The zero-order valence-corrected chi connectivity index (χ0v) is 16.7. The van der Waals surface area contributed by atoms with Gasteiger partial charge in [-0.05, 0) is 71.6 Å². The number of benzene rings is 5. The monoisotopic (exact) mass is 454 g/mol. The molecule has 0 nitrogen and oxygen atoms in total. The summed E-state index contributed by atoms with van der Waals surface area (Å²) in [5, 5.41) is 6.79. The van der Waals surface area contributed by atoms with Gasteiger partial charge in [0.25, 0.3) is 0 Å². The Labute approximate surface area is 171 Å². The van der Waals surface area contributed by atoms with Gasteiger partial charge in [-0.1, -0.05) is 91.0 Å². The lowest BCUT2D eigenvalue weighted by molar-refractivity contribution is 1.57. The third-order valence-corrected chi connectivity index (χ3v) is 6.78. The van der Waals surface area contributed by atoms with Gasteiger partial charge in [-0.25, -0.2) is 0 Å². The second-order valence-corrected chi connectivity index (χ2v) is 8.14. The fourth-order valence-electron chi connectivity index (χ4n) is 4.58. The molecule has 0 radical (unpaired) electrons. The van der Waals surface area contributed by atoms with Crippen molar-refractivity contribution in [2.75, 3.05) is 0 Å². The second-order valence-electron chi connectivity index (χ2n) is 7.06. The molecule has 0 bridgehead atoms. The van der Waals surface area contributed by atoms with Crippen LogP contribution < -0.4 is 5.22 Å². The summed E-state index contributed by atoms with van der Waals surface area (Å²) in [6, 6.07) is 33.0. The zero-order valence-electron chi connectivity index (χ0n) is 14.5. The number of hydrogen-bond acceptors (Lipinski definition) is 0. The molecule has 0 atom stereocenters. The SMILES string of the molecule is Ic1c2c(c3cccc4cccc1c43)=C(c1ccccc1)c1ccccc1-2. The molecule has 0 saturated heterocycles. The summed E-state index contributed by atoms with van der Waals surface area (Å²) in [6.07, 6.45) is 0. The van der Waals surface area contributed by atoms with Gasteiger partial charge < -0.3 is 0 Å². The minimum absolute atomic E-state index is 1.29. The molecule has 0 heterocycles. The van der Waals surface area contributed by atoms with E-state index in [-0.39, 0.29) is 0 Å². The normalized spacial score (nSPS) is 12.6. The molecule has 0 aromatic heterocycles. The summed E-state index contributed by atoms with van der Waals surface area (Å²) < 4.78 is 1.35. The summed E-state index contributed by atoms with van der Waals surface area (Å²) in [5.41, 5.74) is 6.72. The van der Waals surface area contributed by atoms with Crippen molar-refractivity contribution in [2.45, 2.75) is 0 Å². The maximum Gasteiger partial charge on any atom is 0.0294 e. The Bertz CT molecular complexity index is 1410. The molecular formula is C26H15I. The van der Waals surface area contributed by atoms with Gasteiger partial charge in [0.15, 0.2) is 0 Å². The lowest BCUT2D eigenvalue weighted by atomic mass is 9.94. The van der Waals surface area contributed by atoms with E-state index in [2.05, 4.69) is 114 Å². The van der Waals surface area contributed by atoms with E-state index in [0.717, 1.165) is 0 Å². The quantitative estimate of drug-likeness (QED) is 0.248. The van der Waals surface area contributed by atoms with Crippen molar-refractivity contribution in [2.24, 2.45) is 0 Å². The molecule has 0 aliphatic heterocycles. The topological polar surface area (TPSA) is 0 Å². The Morgan fingerprint density at radius 3 is 2.00 bits per heavy atom. The molecule has 0 N–H and O–H groups in total. The van der Waals surface area contributed by atoms with Crippen LogP contribution in [0.4, 0.5) is 0 Å². The van der Waals surface area contributed by atoms with E-state index < -0.39 is 0 Å². The van der Waals surface area contributed by atoms with Crippen LogP contribution in [0, 0.1) is 3.57 Å². The average Bonchev–Trinajstić information content (AvgIpc) is 3.08. The molecule has 27 heavy (non-hydrogen) atoms. The Morgan fingerprint density at radius 1 is 0.556 bits per heavy atom. The van der Waals surface area contributed by atoms with Crippen molar-refractivity contribution in [3.05, 3.63) is 111 Å².